The van der Waals surface area contributed by atoms with Gasteiger partial charge < -0.3 is 5.32 Å². The van der Waals surface area contributed by atoms with Crippen LogP contribution in [0.2, 0.25) is 0 Å². The predicted molar refractivity (Wildman–Crippen MR) is 78.3 cm³/mol. The molecule has 1 saturated carbocycles. The zero-order chi connectivity index (χ0) is 15.0. The van der Waals surface area contributed by atoms with Crippen LogP contribution in [0.5, 0.6) is 0 Å². The molecule has 1 N–H and O–H groups in total. The third-order valence-corrected chi connectivity index (χ3v) is 3.58. The van der Waals surface area contributed by atoms with Crippen molar-refractivity contribution in [2.45, 2.75) is 32.6 Å². The number of benzene rings is 1. The topological polar surface area (TPSA) is 37.8 Å². The maximum absolute atomic E-state index is 14.3. The molecule has 1 aromatic carbocycles. The molecule has 0 spiro atoms. The summed E-state index contributed by atoms with van der Waals surface area (Å²) in [5.74, 6) is 0.450. The van der Waals surface area contributed by atoms with Gasteiger partial charge in [-0.15, -0.1) is 0 Å². The van der Waals surface area contributed by atoms with Gasteiger partial charge in [0.1, 0.15) is 23.3 Å². The average Bonchev–Trinajstić information content (AvgIpc) is 3.28. The van der Waals surface area contributed by atoms with E-state index in [1.54, 1.807) is 13.0 Å². The van der Waals surface area contributed by atoms with Gasteiger partial charge >= 0.3 is 0 Å². The smallest absolute Gasteiger partial charge is 0.138 e. The number of aryl methyl sites for hydroxylation is 1. The fourth-order valence-electron chi connectivity index (χ4n) is 2.28. The van der Waals surface area contributed by atoms with Crippen molar-refractivity contribution in [3.63, 3.8) is 0 Å². The highest BCUT2D eigenvalue weighted by Gasteiger charge is 2.28. The zero-order valence-electron chi connectivity index (χ0n) is 12.1. The minimum Gasteiger partial charge on any atom is -0.370 e. The van der Waals surface area contributed by atoms with Gasteiger partial charge in [-0.05, 0) is 38.3 Å². The van der Waals surface area contributed by atoms with Crippen molar-refractivity contribution >= 4 is 5.82 Å². The van der Waals surface area contributed by atoms with E-state index in [4.69, 9.17) is 0 Å². The minimum absolute atomic E-state index is 0.0709. The molecule has 0 aliphatic heterocycles. The van der Waals surface area contributed by atoms with Crippen molar-refractivity contribution in [2.24, 2.45) is 0 Å². The molecule has 0 atom stereocenters. The first kappa shape index (κ1) is 13.9. The number of halogens is 2. The second kappa shape index (κ2) is 5.39. The van der Waals surface area contributed by atoms with Crippen LogP contribution in [0.3, 0.4) is 0 Å². The molecule has 5 heteroatoms. The molecular formula is C16H17F2N3. The number of rotatable bonds is 4. The van der Waals surface area contributed by atoms with Crippen LogP contribution in [-0.2, 0) is 0 Å². The summed E-state index contributed by atoms with van der Waals surface area (Å²) in [6.07, 6.45) is 2.07. The van der Waals surface area contributed by atoms with E-state index in [-0.39, 0.29) is 5.56 Å². The molecule has 1 aliphatic rings. The lowest BCUT2D eigenvalue weighted by Gasteiger charge is -2.11. The summed E-state index contributed by atoms with van der Waals surface area (Å²) >= 11 is 0. The van der Waals surface area contributed by atoms with E-state index >= 15 is 0 Å². The Morgan fingerprint density at radius 1 is 1.24 bits per heavy atom. The number of aromatic nitrogens is 2. The van der Waals surface area contributed by atoms with Crippen LogP contribution < -0.4 is 5.32 Å². The summed E-state index contributed by atoms with van der Waals surface area (Å²) in [6, 6.07) is 4.32. The van der Waals surface area contributed by atoms with Gasteiger partial charge in [0.2, 0.25) is 0 Å². The summed E-state index contributed by atoms with van der Waals surface area (Å²) in [5, 5.41) is 3.10. The van der Waals surface area contributed by atoms with Gasteiger partial charge in [-0.25, -0.2) is 18.7 Å². The Kier molecular flexibility index (Phi) is 3.57. The van der Waals surface area contributed by atoms with Crippen molar-refractivity contribution in [3.05, 3.63) is 41.2 Å². The SMILES string of the molecule is CCNc1cc(-c2c(F)ccc(C)c2F)nc(C2CC2)n1. The molecule has 3 nitrogen and oxygen atoms in total. The molecule has 2 aromatic rings. The first-order valence-corrected chi connectivity index (χ1v) is 7.18. The lowest BCUT2D eigenvalue weighted by molar-refractivity contribution is 0.582. The van der Waals surface area contributed by atoms with E-state index in [9.17, 15) is 8.78 Å². The Balaban J connectivity index is 2.15. The van der Waals surface area contributed by atoms with Crippen LogP contribution in [-0.4, -0.2) is 16.5 Å². The maximum atomic E-state index is 14.3. The molecule has 0 amide bonds. The van der Waals surface area contributed by atoms with Gasteiger partial charge in [0.15, 0.2) is 0 Å². The fourth-order valence-corrected chi connectivity index (χ4v) is 2.28. The highest BCUT2D eigenvalue weighted by Crippen LogP contribution is 2.39. The number of nitrogens with one attached hydrogen (secondary N) is 1. The molecule has 3 rings (SSSR count). The fraction of sp³-hybridized carbons (Fsp3) is 0.375. The quantitative estimate of drug-likeness (QED) is 0.923. The summed E-state index contributed by atoms with van der Waals surface area (Å²) in [6.45, 7) is 4.26. The summed E-state index contributed by atoms with van der Waals surface area (Å²) in [7, 11) is 0. The number of hydrogen-bond donors (Lipinski definition) is 1. The van der Waals surface area contributed by atoms with Crippen molar-refractivity contribution in [2.75, 3.05) is 11.9 Å². The molecule has 1 aliphatic carbocycles. The maximum Gasteiger partial charge on any atom is 0.138 e. The molecule has 110 valence electrons. The van der Waals surface area contributed by atoms with E-state index in [2.05, 4.69) is 15.3 Å². The normalized spacial score (nSPS) is 14.3. The lowest BCUT2D eigenvalue weighted by atomic mass is 10.1. The molecule has 1 fully saturated rings. The van der Waals surface area contributed by atoms with Crippen molar-refractivity contribution in [1.82, 2.24) is 9.97 Å². The van der Waals surface area contributed by atoms with Crippen LogP contribution >= 0.6 is 0 Å². The molecule has 21 heavy (non-hydrogen) atoms. The van der Waals surface area contributed by atoms with Crippen LogP contribution in [0.1, 0.15) is 37.1 Å². The van der Waals surface area contributed by atoms with Crippen LogP contribution in [0, 0.1) is 18.6 Å². The largest absolute Gasteiger partial charge is 0.370 e. The Hall–Kier alpha value is -2.04. The first-order valence-electron chi connectivity index (χ1n) is 7.18. The zero-order valence-corrected chi connectivity index (χ0v) is 12.1. The Labute approximate surface area is 122 Å². The van der Waals surface area contributed by atoms with Gasteiger partial charge in [-0.3, -0.25) is 0 Å². The highest BCUT2D eigenvalue weighted by molar-refractivity contribution is 5.65. The molecule has 0 unspecified atom stereocenters. The molecule has 1 heterocycles. The van der Waals surface area contributed by atoms with Gasteiger partial charge in [0.25, 0.3) is 0 Å². The summed E-state index contributed by atoms with van der Waals surface area (Å²) in [4.78, 5) is 8.80. The highest BCUT2D eigenvalue weighted by atomic mass is 19.1. The third-order valence-electron chi connectivity index (χ3n) is 3.58. The molecule has 0 bridgehead atoms. The monoisotopic (exact) mass is 289 g/mol. The summed E-state index contributed by atoms with van der Waals surface area (Å²) in [5.41, 5.74) is 0.642. The van der Waals surface area contributed by atoms with Crippen LogP contribution in [0.15, 0.2) is 18.2 Å². The standard InChI is InChI=1S/C16H17F2N3/c1-3-19-13-8-12(20-16(21-13)10-5-6-10)14-11(17)7-4-9(2)15(14)18/h4,7-8,10H,3,5-6H2,1-2H3,(H,19,20,21). The van der Waals surface area contributed by atoms with E-state index in [1.807, 2.05) is 6.92 Å². The second-order valence-corrected chi connectivity index (χ2v) is 5.35. The van der Waals surface area contributed by atoms with E-state index in [0.717, 1.165) is 12.8 Å². The number of anilines is 1. The van der Waals surface area contributed by atoms with Gasteiger partial charge in [0.05, 0.1) is 11.3 Å². The Bertz CT molecular complexity index is 681. The van der Waals surface area contributed by atoms with Crippen LogP contribution in [0.25, 0.3) is 11.3 Å². The van der Waals surface area contributed by atoms with E-state index in [1.165, 1.54) is 12.1 Å². The van der Waals surface area contributed by atoms with Crippen molar-refractivity contribution in [1.29, 1.82) is 0 Å². The molecule has 0 radical (unpaired) electrons. The predicted octanol–water partition coefficient (Wildman–Crippen LogP) is 4.04. The van der Waals surface area contributed by atoms with E-state index < -0.39 is 11.6 Å². The van der Waals surface area contributed by atoms with Gasteiger partial charge in [0, 0.05) is 18.5 Å². The van der Waals surface area contributed by atoms with Gasteiger partial charge in [-0.2, -0.15) is 0 Å². The van der Waals surface area contributed by atoms with E-state index in [0.29, 0.717) is 35.4 Å². The Morgan fingerprint density at radius 2 is 2.00 bits per heavy atom. The third kappa shape index (κ3) is 2.73. The van der Waals surface area contributed by atoms with Crippen molar-refractivity contribution < 1.29 is 8.78 Å². The first-order chi connectivity index (χ1) is 10.1. The lowest BCUT2D eigenvalue weighted by Crippen LogP contribution is -2.05. The molecular weight excluding hydrogens is 272 g/mol. The summed E-state index contributed by atoms with van der Waals surface area (Å²) < 4.78 is 28.4. The van der Waals surface area contributed by atoms with Crippen LogP contribution in [0.4, 0.5) is 14.6 Å². The minimum atomic E-state index is -0.596. The molecule has 0 saturated heterocycles. The average molecular weight is 289 g/mol. The van der Waals surface area contributed by atoms with Gasteiger partial charge in [-0.1, -0.05) is 6.07 Å². The number of nitrogens with zero attached hydrogens (tertiary/aromatic N) is 2. The molecule has 1 aromatic heterocycles. The second-order valence-electron chi connectivity index (χ2n) is 5.35. The van der Waals surface area contributed by atoms with Crippen molar-refractivity contribution in [3.8, 4) is 11.3 Å². The number of hydrogen-bond acceptors (Lipinski definition) is 3. The Morgan fingerprint density at radius 3 is 2.67 bits per heavy atom.